The predicted octanol–water partition coefficient (Wildman–Crippen LogP) is 2.91. The molecule has 0 bridgehead atoms. The molecule has 3 rings (SSSR count). The van der Waals surface area contributed by atoms with Gasteiger partial charge in [-0.15, -0.1) is 5.10 Å². The number of halogens is 1. The van der Waals surface area contributed by atoms with E-state index in [1.165, 1.54) is 0 Å². The lowest BCUT2D eigenvalue weighted by molar-refractivity contribution is -0.140. The molecule has 0 amide bonds. The zero-order chi connectivity index (χ0) is 16.2. The summed E-state index contributed by atoms with van der Waals surface area (Å²) in [5.41, 5.74) is 2.72. The average molecular weight is 315 g/mol. The van der Waals surface area contributed by atoms with Gasteiger partial charge in [-0.05, 0) is 25.3 Å². The second-order valence-electron chi connectivity index (χ2n) is 5.39. The number of carbonyl (C=O) groups excluding carboxylic acids is 1. The Balaban J connectivity index is 1.99. The Hall–Kier alpha value is -2.50. The van der Waals surface area contributed by atoms with E-state index in [0.29, 0.717) is 36.3 Å². The Kier molecular flexibility index (Phi) is 4.50. The van der Waals surface area contributed by atoms with Crippen LogP contribution in [0.5, 0.6) is 0 Å². The maximum absolute atomic E-state index is 14.5. The van der Waals surface area contributed by atoms with Gasteiger partial charge in [0.2, 0.25) is 5.83 Å². The largest absolute Gasteiger partial charge is 0.461 e. The first-order valence-electron chi connectivity index (χ1n) is 7.73. The third-order valence-corrected chi connectivity index (χ3v) is 3.82. The molecule has 1 aliphatic rings. The van der Waals surface area contributed by atoms with Gasteiger partial charge in [-0.3, -0.25) is 0 Å². The first kappa shape index (κ1) is 15.4. The van der Waals surface area contributed by atoms with Crippen LogP contribution in [0.3, 0.4) is 0 Å². The summed E-state index contributed by atoms with van der Waals surface area (Å²) in [6, 6.07) is 9.80. The standard InChI is InChI=1S/C17H18FN3O2/c1-2-23-17(22)15(18)13-9-6-10-21-16(13)14(19-20-21)11-12-7-4-3-5-8-12/h3-5,7-8H,2,6,9-11H2,1H3/b15-13-. The number of nitrogens with zero attached hydrogens (tertiary/aromatic N) is 3. The smallest absolute Gasteiger partial charge is 0.367 e. The molecule has 0 atom stereocenters. The lowest BCUT2D eigenvalue weighted by atomic mass is 9.97. The fourth-order valence-corrected chi connectivity index (χ4v) is 2.80. The van der Waals surface area contributed by atoms with Crippen molar-refractivity contribution in [3.05, 3.63) is 53.1 Å². The lowest BCUT2D eigenvalue weighted by Gasteiger charge is -2.17. The molecular weight excluding hydrogens is 297 g/mol. The van der Waals surface area contributed by atoms with Gasteiger partial charge in [0.25, 0.3) is 0 Å². The summed E-state index contributed by atoms with van der Waals surface area (Å²) in [6.45, 7) is 2.48. The number of aryl methyl sites for hydroxylation is 1. The molecule has 0 N–H and O–H groups in total. The van der Waals surface area contributed by atoms with E-state index in [2.05, 4.69) is 10.3 Å². The molecule has 0 radical (unpaired) electrons. The monoisotopic (exact) mass is 315 g/mol. The van der Waals surface area contributed by atoms with E-state index in [-0.39, 0.29) is 6.61 Å². The molecule has 2 heterocycles. The molecule has 1 aromatic carbocycles. The number of allylic oxidation sites excluding steroid dienone is 1. The summed E-state index contributed by atoms with van der Waals surface area (Å²) in [6.07, 6.45) is 1.76. The topological polar surface area (TPSA) is 57.0 Å². The van der Waals surface area contributed by atoms with Crippen molar-refractivity contribution >= 4 is 11.5 Å². The highest BCUT2D eigenvalue weighted by molar-refractivity contribution is 5.95. The molecule has 0 fully saturated rings. The van der Waals surface area contributed by atoms with Gasteiger partial charge in [-0.25, -0.2) is 9.48 Å². The normalized spacial score (nSPS) is 15.9. The highest BCUT2D eigenvalue weighted by Crippen LogP contribution is 2.32. The number of hydrogen-bond acceptors (Lipinski definition) is 4. The van der Waals surface area contributed by atoms with Crippen LogP contribution in [-0.2, 0) is 22.5 Å². The van der Waals surface area contributed by atoms with E-state index in [1.807, 2.05) is 30.3 Å². The van der Waals surface area contributed by atoms with E-state index >= 15 is 0 Å². The van der Waals surface area contributed by atoms with Gasteiger partial charge in [-0.2, -0.15) is 4.39 Å². The SMILES string of the molecule is CCOC(=O)/C(F)=C1\CCCn2nnc(Cc3ccccc3)c21. The Morgan fingerprint density at radius 3 is 2.87 bits per heavy atom. The Labute approximate surface area is 133 Å². The minimum absolute atomic E-state index is 0.147. The minimum atomic E-state index is -0.914. The average Bonchev–Trinajstić information content (AvgIpc) is 2.98. The highest BCUT2D eigenvalue weighted by atomic mass is 19.1. The van der Waals surface area contributed by atoms with E-state index in [1.54, 1.807) is 11.6 Å². The minimum Gasteiger partial charge on any atom is -0.461 e. The van der Waals surface area contributed by atoms with E-state index in [9.17, 15) is 9.18 Å². The zero-order valence-corrected chi connectivity index (χ0v) is 13.0. The molecule has 1 aliphatic heterocycles. The number of rotatable bonds is 4. The van der Waals surface area contributed by atoms with Crippen LogP contribution in [0.15, 0.2) is 36.2 Å². The van der Waals surface area contributed by atoms with Crippen LogP contribution in [0.1, 0.15) is 36.7 Å². The predicted molar refractivity (Wildman–Crippen MR) is 83.2 cm³/mol. The van der Waals surface area contributed by atoms with E-state index in [4.69, 9.17) is 4.74 Å². The fourth-order valence-electron chi connectivity index (χ4n) is 2.80. The van der Waals surface area contributed by atoms with Crippen LogP contribution in [0.25, 0.3) is 5.57 Å². The van der Waals surface area contributed by atoms with Gasteiger partial charge in [0.1, 0.15) is 0 Å². The quantitative estimate of drug-likeness (QED) is 0.643. The maximum atomic E-state index is 14.5. The molecule has 6 heteroatoms. The number of esters is 1. The summed E-state index contributed by atoms with van der Waals surface area (Å²) < 4.78 is 20.9. The molecule has 120 valence electrons. The Morgan fingerprint density at radius 1 is 1.35 bits per heavy atom. The van der Waals surface area contributed by atoms with Crippen LogP contribution >= 0.6 is 0 Å². The molecule has 5 nitrogen and oxygen atoms in total. The van der Waals surface area contributed by atoms with Crippen molar-refractivity contribution in [1.29, 1.82) is 0 Å². The molecule has 0 saturated heterocycles. The Morgan fingerprint density at radius 2 is 2.13 bits per heavy atom. The third-order valence-electron chi connectivity index (χ3n) is 3.82. The summed E-state index contributed by atoms with van der Waals surface area (Å²) >= 11 is 0. The van der Waals surface area contributed by atoms with Crippen LogP contribution in [0.4, 0.5) is 4.39 Å². The number of fused-ring (bicyclic) bond motifs is 1. The van der Waals surface area contributed by atoms with Gasteiger partial charge >= 0.3 is 5.97 Å². The first-order valence-corrected chi connectivity index (χ1v) is 7.73. The van der Waals surface area contributed by atoms with Crippen LogP contribution in [0, 0.1) is 0 Å². The number of benzene rings is 1. The number of hydrogen-bond donors (Lipinski definition) is 0. The number of carbonyl (C=O) groups is 1. The zero-order valence-electron chi connectivity index (χ0n) is 13.0. The van der Waals surface area contributed by atoms with Crippen LogP contribution < -0.4 is 0 Å². The fraction of sp³-hybridized carbons (Fsp3) is 0.353. The molecule has 1 aromatic heterocycles. The van der Waals surface area contributed by atoms with E-state index < -0.39 is 11.8 Å². The summed E-state index contributed by atoms with van der Waals surface area (Å²) in [5, 5.41) is 8.30. The summed E-state index contributed by atoms with van der Waals surface area (Å²) in [4.78, 5) is 11.7. The van der Waals surface area contributed by atoms with Crippen molar-refractivity contribution in [3.8, 4) is 0 Å². The van der Waals surface area contributed by atoms with Gasteiger partial charge in [0.05, 0.1) is 18.0 Å². The molecule has 0 aliphatic carbocycles. The van der Waals surface area contributed by atoms with Crippen LogP contribution in [-0.4, -0.2) is 27.6 Å². The molecular formula is C17H18FN3O2. The summed E-state index contributed by atoms with van der Waals surface area (Å²) in [5.74, 6) is -1.74. The van der Waals surface area contributed by atoms with Crippen molar-refractivity contribution in [2.75, 3.05) is 6.61 Å². The molecule has 2 aromatic rings. The van der Waals surface area contributed by atoms with Gasteiger partial charge < -0.3 is 4.74 Å². The van der Waals surface area contributed by atoms with E-state index in [0.717, 1.165) is 12.0 Å². The Bertz CT molecular complexity index is 738. The molecule has 0 saturated carbocycles. The van der Waals surface area contributed by atoms with Gasteiger partial charge in [0.15, 0.2) is 0 Å². The third kappa shape index (κ3) is 3.16. The summed E-state index contributed by atoms with van der Waals surface area (Å²) in [7, 11) is 0. The molecule has 23 heavy (non-hydrogen) atoms. The van der Waals surface area contributed by atoms with Crippen molar-refractivity contribution in [2.45, 2.75) is 32.7 Å². The van der Waals surface area contributed by atoms with Crippen LogP contribution in [0.2, 0.25) is 0 Å². The first-order chi connectivity index (χ1) is 11.2. The second-order valence-corrected chi connectivity index (χ2v) is 5.39. The highest BCUT2D eigenvalue weighted by Gasteiger charge is 2.27. The van der Waals surface area contributed by atoms with Crippen molar-refractivity contribution in [1.82, 2.24) is 15.0 Å². The van der Waals surface area contributed by atoms with Crippen molar-refractivity contribution in [2.24, 2.45) is 0 Å². The number of ether oxygens (including phenoxy) is 1. The second kappa shape index (κ2) is 6.73. The molecule has 0 spiro atoms. The van der Waals surface area contributed by atoms with Gasteiger partial charge in [-0.1, -0.05) is 35.5 Å². The lowest BCUT2D eigenvalue weighted by Crippen LogP contribution is -2.15. The van der Waals surface area contributed by atoms with Crippen molar-refractivity contribution < 1.29 is 13.9 Å². The van der Waals surface area contributed by atoms with Gasteiger partial charge in [0, 0.05) is 18.5 Å². The number of aromatic nitrogens is 3. The maximum Gasteiger partial charge on any atom is 0.367 e. The van der Waals surface area contributed by atoms with Crippen molar-refractivity contribution in [3.63, 3.8) is 0 Å². The molecule has 0 unspecified atom stereocenters.